The van der Waals surface area contributed by atoms with Gasteiger partial charge in [0.05, 0.1) is 4.92 Å². The van der Waals surface area contributed by atoms with Gasteiger partial charge in [-0.2, -0.15) is 4.31 Å². The van der Waals surface area contributed by atoms with E-state index in [-0.39, 0.29) is 36.9 Å². The molecule has 0 aliphatic carbocycles. The van der Waals surface area contributed by atoms with Crippen molar-refractivity contribution in [2.45, 2.75) is 43.5 Å². The lowest BCUT2D eigenvalue weighted by Gasteiger charge is -2.35. The minimum atomic E-state index is -4.06. The fourth-order valence-corrected chi connectivity index (χ4v) is 5.24. The summed E-state index contributed by atoms with van der Waals surface area (Å²) in [4.78, 5) is 22.0. The molecular formula is C16H24N4O5S. The Morgan fingerprint density at radius 1 is 1.42 bits per heavy atom. The fraction of sp³-hybridized carbons (Fsp3) is 0.562. The highest BCUT2D eigenvalue weighted by Gasteiger charge is 2.38. The van der Waals surface area contributed by atoms with E-state index in [1.807, 2.05) is 0 Å². The average molecular weight is 384 g/mol. The van der Waals surface area contributed by atoms with Crippen LogP contribution in [0, 0.1) is 17.0 Å². The summed E-state index contributed by atoms with van der Waals surface area (Å²) in [7, 11) is -4.06. The number of nitrogens with one attached hydrogen (secondary N) is 1. The number of amides is 1. The van der Waals surface area contributed by atoms with Crippen LogP contribution in [-0.4, -0.2) is 49.2 Å². The molecule has 9 nitrogen and oxygen atoms in total. The van der Waals surface area contributed by atoms with Gasteiger partial charge in [0.15, 0.2) is 4.90 Å². The summed E-state index contributed by atoms with van der Waals surface area (Å²) in [6, 6.07) is 3.77. The van der Waals surface area contributed by atoms with E-state index in [1.165, 1.54) is 16.4 Å². The number of nitro groups is 1. The molecule has 2 rings (SSSR count). The molecule has 1 aromatic rings. The summed E-state index contributed by atoms with van der Waals surface area (Å²) < 4.78 is 27.7. The molecule has 0 bridgehead atoms. The van der Waals surface area contributed by atoms with E-state index in [0.717, 1.165) is 6.42 Å². The Morgan fingerprint density at radius 3 is 2.81 bits per heavy atom. The Hall–Kier alpha value is -2.04. The van der Waals surface area contributed by atoms with Crippen LogP contribution < -0.4 is 11.1 Å². The normalized spacial score (nSPS) is 18.5. The van der Waals surface area contributed by atoms with Crippen molar-refractivity contribution in [3.05, 3.63) is 33.9 Å². The summed E-state index contributed by atoms with van der Waals surface area (Å²) in [5, 5.41) is 14.0. The molecule has 26 heavy (non-hydrogen) atoms. The molecule has 1 heterocycles. The number of carbonyl (C=O) groups excluding carboxylic acids is 1. The van der Waals surface area contributed by atoms with Crippen molar-refractivity contribution >= 4 is 21.6 Å². The Bertz CT molecular complexity index is 781. The summed E-state index contributed by atoms with van der Waals surface area (Å²) in [6.45, 7) is 2.19. The zero-order valence-corrected chi connectivity index (χ0v) is 15.5. The molecule has 0 spiro atoms. The first-order valence-corrected chi connectivity index (χ1v) is 9.95. The van der Waals surface area contributed by atoms with Gasteiger partial charge in [-0.3, -0.25) is 14.9 Å². The van der Waals surface area contributed by atoms with Crippen LogP contribution in [0.4, 0.5) is 5.69 Å². The van der Waals surface area contributed by atoms with Crippen molar-refractivity contribution in [1.82, 2.24) is 9.62 Å². The van der Waals surface area contributed by atoms with Crippen LogP contribution in [-0.2, 0) is 14.8 Å². The van der Waals surface area contributed by atoms with E-state index in [0.29, 0.717) is 18.4 Å². The van der Waals surface area contributed by atoms with Gasteiger partial charge in [-0.25, -0.2) is 8.42 Å². The topological polar surface area (TPSA) is 136 Å². The summed E-state index contributed by atoms with van der Waals surface area (Å²) in [5.41, 5.74) is 5.24. The van der Waals surface area contributed by atoms with Crippen molar-refractivity contribution in [3.63, 3.8) is 0 Å². The van der Waals surface area contributed by atoms with E-state index in [9.17, 15) is 23.3 Å². The Labute approximate surface area is 152 Å². The van der Waals surface area contributed by atoms with Crippen molar-refractivity contribution in [1.29, 1.82) is 0 Å². The molecule has 1 aliphatic heterocycles. The smallest absolute Gasteiger partial charge is 0.289 e. The first kappa shape index (κ1) is 20.3. The molecule has 1 atom stereocenters. The average Bonchev–Trinajstić information content (AvgIpc) is 2.60. The van der Waals surface area contributed by atoms with Crippen LogP contribution in [0.1, 0.15) is 31.2 Å². The van der Waals surface area contributed by atoms with Gasteiger partial charge in [-0.15, -0.1) is 0 Å². The molecule has 0 saturated carbocycles. The minimum absolute atomic E-state index is 0.164. The van der Waals surface area contributed by atoms with E-state index in [2.05, 4.69) is 5.32 Å². The molecule has 1 amide bonds. The fourth-order valence-electron chi connectivity index (χ4n) is 3.18. The van der Waals surface area contributed by atoms with Crippen LogP contribution >= 0.6 is 0 Å². The molecule has 1 aliphatic rings. The molecule has 3 N–H and O–H groups in total. The first-order valence-electron chi connectivity index (χ1n) is 8.51. The number of hydrogen-bond donors (Lipinski definition) is 2. The SMILES string of the molecule is Cc1cccc([N+](=O)[O-])c1S(=O)(=O)N1CCCCC1CNC(=O)CCN. The Balaban J connectivity index is 2.34. The predicted molar refractivity (Wildman–Crippen MR) is 96.0 cm³/mol. The summed E-state index contributed by atoms with van der Waals surface area (Å²) in [6.07, 6.45) is 2.26. The lowest BCUT2D eigenvalue weighted by molar-refractivity contribution is -0.387. The number of sulfonamides is 1. The van der Waals surface area contributed by atoms with Gasteiger partial charge in [0, 0.05) is 38.2 Å². The highest BCUT2D eigenvalue weighted by molar-refractivity contribution is 7.89. The molecule has 1 aromatic carbocycles. The van der Waals surface area contributed by atoms with Crippen molar-refractivity contribution in [2.75, 3.05) is 19.6 Å². The number of rotatable bonds is 7. The van der Waals surface area contributed by atoms with Gasteiger partial charge in [0.2, 0.25) is 15.9 Å². The zero-order chi connectivity index (χ0) is 19.3. The molecule has 1 saturated heterocycles. The second-order valence-electron chi connectivity index (χ2n) is 6.29. The van der Waals surface area contributed by atoms with Crippen LogP contribution in [0.2, 0.25) is 0 Å². The van der Waals surface area contributed by atoms with Gasteiger partial charge in [0.25, 0.3) is 5.69 Å². The lowest BCUT2D eigenvalue weighted by Crippen LogP contribution is -2.49. The second kappa shape index (κ2) is 8.56. The van der Waals surface area contributed by atoms with Crippen LogP contribution in [0.25, 0.3) is 0 Å². The van der Waals surface area contributed by atoms with Crippen molar-refractivity contribution in [3.8, 4) is 0 Å². The Morgan fingerprint density at radius 2 is 2.15 bits per heavy atom. The maximum atomic E-state index is 13.2. The second-order valence-corrected chi connectivity index (χ2v) is 8.12. The molecule has 1 unspecified atom stereocenters. The van der Waals surface area contributed by atoms with E-state index < -0.39 is 26.7 Å². The molecule has 10 heteroatoms. The number of nitro benzene ring substituents is 1. The number of nitrogens with zero attached hydrogens (tertiary/aromatic N) is 2. The maximum absolute atomic E-state index is 13.2. The monoisotopic (exact) mass is 384 g/mol. The number of nitrogens with two attached hydrogens (primary N) is 1. The molecule has 0 aromatic heterocycles. The molecule has 1 fully saturated rings. The van der Waals surface area contributed by atoms with E-state index >= 15 is 0 Å². The van der Waals surface area contributed by atoms with Gasteiger partial charge < -0.3 is 11.1 Å². The summed E-state index contributed by atoms with van der Waals surface area (Å²) >= 11 is 0. The highest BCUT2D eigenvalue weighted by atomic mass is 32.2. The quantitative estimate of drug-likeness (QED) is 0.530. The maximum Gasteiger partial charge on any atom is 0.289 e. The summed E-state index contributed by atoms with van der Waals surface area (Å²) in [5.74, 6) is -0.239. The number of benzene rings is 1. The van der Waals surface area contributed by atoms with Crippen molar-refractivity contribution in [2.24, 2.45) is 5.73 Å². The number of aryl methyl sites for hydroxylation is 1. The highest BCUT2D eigenvalue weighted by Crippen LogP contribution is 2.33. The number of carbonyl (C=O) groups is 1. The minimum Gasteiger partial charge on any atom is -0.354 e. The molecule has 0 radical (unpaired) electrons. The lowest BCUT2D eigenvalue weighted by atomic mass is 10.1. The third-order valence-electron chi connectivity index (χ3n) is 4.43. The zero-order valence-electron chi connectivity index (χ0n) is 14.7. The number of piperidine rings is 1. The molecular weight excluding hydrogens is 360 g/mol. The van der Waals surface area contributed by atoms with Gasteiger partial charge >= 0.3 is 0 Å². The largest absolute Gasteiger partial charge is 0.354 e. The number of hydrogen-bond acceptors (Lipinski definition) is 6. The van der Waals surface area contributed by atoms with Gasteiger partial charge in [0.1, 0.15) is 0 Å². The Kier molecular flexibility index (Phi) is 6.68. The first-order chi connectivity index (χ1) is 12.3. The van der Waals surface area contributed by atoms with E-state index in [1.54, 1.807) is 13.0 Å². The molecule has 144 valence electrons. The van der Waals surface area contributed by atoms with Gasteiger partial charge in [-0.05, 0) is 25.3 Å². The standard InChI is InChI=1S/C16H24N4O5S/c1-12-5-4-7-14(20(22)23)16(12)26(24,25)19-10-3-2-6-13(19)11-18-15(21)8-9-17/h4-5,7,13H,2-3,6,8-11,17H2,1H3,(H,18,21). The van der Waals surface area contributed by atoms with Crippen LogP contribution in [0.5, 0.6) is 0 Å². The van der Waals surface area contributed by atoms with E-state index in [4.69, 9.17) is 5.73 Å². The third kappa shape index (κ3) is 4.37. The third-order valence-corrected chi connectivity index (χ3v) is 6.58. The van der Waals surface area contributed by atoms with Crippen LogP contribution in [0.15, 0.2) is 23.1 Å². The predicted octanol–water partition coefficient (Wildman–Crippen LogP) is 0.911. The van der Waals surface area contributed by atoms with Crippen LogP contribution in [0.3, 0.4) is 0 Å². The van der Waals surface area contributed by atoms with Gasteiger partial charge in [-0.1, -0.05) is 18.6 Å². The van der Waals surface area contributed by atoms with Crippen molar-refractivity contribution < 1.29 is 18.1 Å².